The lowest BCUT2D eigenvalue weighted by atomic mass is 9.88. The molecule has 2 aromatic carbocycles. The average molecular weight is 852 g/mol. The molecule has 2 atom stereocenters. The quantitative estimate of drug-likeness (QED) is 0.110. The van der Waals surface area contributed by atoms with Crippen molar-refractivity contribution in [1.82, 2.24) is 15.0 Å². The van der Waals surface area contributed by atoms with E-state index in [1.54, 1.807) is 32.2 Å². The third kappa shape index (κ3) is 7.24. The van der Waals surface area contributed by atoms with Crippen molar-refractivity contribution in [2.75, 3.05) is 68.0 Å². The minimum absolute atomic E-state index is 0.174. The van der Waals surface area contributed by atoms with Gasteiger partial charge in [-0.3, -0.25) is 0 Å². The van der Waals surface area contributed by atoms with Gasteiger partial charge in [0.05, 0.1) is 42.6 Å². The van der Waals surface area contributed by atoms with Crippen LogP contribution in [0.4, 0.5) is 31.2 Å². The van der Waals surface area contributed by atoms with Crippen molar-refractivity contribution in [3.63, 3.8) is 0 Å². The van der Waals surface area contributed by atoms with Gasteiger partial charge >= 0.3 is 6.01 Å². The van der Waals surface area contributed by atoms with E-state index in [0.717, 1.165) is 38.6 Å². The number of halogens is 2. The largest absolute Gasteiger partial charge is 0.497 e. The molecule has 1 aliphatic carbocycles. The highest BCUT2D eigenvalue weighted by Gasteiger charge is 2.71. The third-order valence-electron chi connectivity index (χ3n) is 11.7. The number of benzene rings is 2. The fraction of sp³-hybridized carbons (Fsp3) is 0.372. The van der Waals surface area contributed by atoms with E-state index in [1.807, 2.05) is 84.4 Å². The minimum atomic E-state index is -3.09. The molecule has 0 amide bonds. The molecule has 1 saturated carbocycles. The van der Waals surface area contributed by atoms with Crippen LogP contribution in [0.3, 0.4) is 0 Å². The number of fused-ring (bicyclic) bond motifs is 2. The van der Waals surface area contributed by atoms with Crippen molar-refractivity contribution in [3.8, 4) is 29.6 Å². The number of nitrogen functional groups attached to an aromatic ring is 1. The van der Waals surface area contributed by atoms with Crippen LogP contribution in [0.1, 0.15) is 57.6 Å². The Bertz CT molecular complexity index is 2440. The molecule has 8 rings (SSSR count). The Kier molecular flexibility index (Phi) is 10.9. The van der Waals surface area contributed by atoms with E-state index in [2.05, 4.69) is 22.0 Å². The van der Waals surface area contributed by atoms with Gasteiger partial charge in [0.15, 0.2) is 11.6 Å². The molecule has 3 aromatic heterocycles. The van der Waals surface area contributed by atoms with Crippen LogP contribution in [0.25, 0.3) is 0 Å². The van der Waals surface area contributed by atoms with E-state index >= 15 is 0 Å². The van der Waals surface area contributed by atoms with Crippen LogP contribution in [-0.4, -0.2) is 73.6 Å². The highest BCUT2D eigenvalue weighted by molar-refractivity contribution is 8.00. The van der Waals surface area contributed by atoms with Crippen LogP contribution >= 0.6 is 23.1 Å². The number of ether oxygens (including phenoxy) is 3. The Morgan fingerprint density at radius 3 is 2.12 bits per heavy atom. The Morgan fingerprint density at radius 2 is 1.57 bits per heavy atom. The number of thiophene rings is 1. The molecule has 3 aliphatic rings. The molecule has 2 aliphatic heterocycles. The average Bonchev–Trinajstić information content (AvgIpc) is 3.45. The second kappa shape index (κ2) is 15.9. The third-order valence-corrected chi connectivity index (χ3v) is 14.4. The van der Waals surface area contributed by atoms with Gasteiger partial charge in [0, 0.05) is 67.6 Å². The van der Waals surface area contributed by atoms with E-state index in [-0.39, 0.29) is 23.2 Å². The molecule has 3 N–H and O–H groups in total. The summed E-state index contributed by atoms with van der Waals surface area (Å²) in [6.45, 7) is 2.57. The number of nitriles is 2. The Balaban J connectivity index is 1.15. The van der Waals surface area contributed by atoms with E-state index in [0.29, 0.717) is 48.3 Å². The Labute approximate surface area is 355 Å². The normalized spacial score (nSPS) is 18.4. The molecule has 0 bridgehead atoms. The van der Waals surface area contributed by atoms with Crippen molar-refractivity contribution < 1.29 is 28.1 Å². The van der Waals surface area contributed by atoms with Gasteiger partial charge in [0.25, 0.3) is 5.92 Å². The van der Waals surface area contributed by atoms with E-state index < -0.39 is 41.8 Å². The van der Waals surface area contributed by atoms with Crippen LogP contribution in [0.2, 0.25) is 0 Å². The predicted molar refractivity (Wildman–Crippen MR) is 227 cm³/mol. The second-order valence-corrected chi connectivity index (χ2v) is 17.9. The van der Waals surface area contributed by atoms with Gasteiger partial charge in [0.1, 0.15) is 46.6 Å². The molecular weight excluding hydrogens is 809 g/mol. The van der Waals surface area contributed by atoms with Crippen molar-refractivity contribution in [3.05, 3.63) is 105 Å². The first-order valence-electron chi connectivity index (χ1n) is 19.2. The number of hydrogen-bond donors (Lipinski definition) is 2. The van der Waals surface area contributed by atoms with Gasteiger partial charge < -0.3 is 39.8 Å². The molecule has 2 fully saturated rings. The van der Waals surface area contributed by atoms with Crippen LogP contribution in [0.5, 0.6) is 17.5 Å². The van der Waals surface area contributed by atoms with Gasteiger partial charge in [0.2, 0.25) is 0 Å². The maximum atomic E-state index is 14.5. The zero-order valence-electron chi connectivity index (χ0n) is 33.5. The van der Waals surface area contributed by atoms with Crippen molar-refractivity contribution in [2.45, 2.75) is 48.9 Å². The number of aliphatic hydroxyl groups excluding tert-OH is 1. The summed E-state index contributed by atoms with van der Waals surface area (Å²) < 4.78 is 45.2. The van der Waals surface area contributed by atoms with Crippen LogP contribution in [-0.2, 0) is 23.6 Å². The maximum Gasteiger partial charge on any atom is 0.320 e. The summed E-state index contributed by atoms with van der Waals surface area (Å²) in [5.41, 5.74) is 8.99. The summed E-state index contributed by atoms with van der Waals surface area (Å²) >= 11 is 3.15. The predicted octanol–water partition coefficient (Wildman–Crippen LogP) is 7.04. The molecule has 5 aromatic rings. The van der Waals surface area contributed by atoms with Crippen LogP contribution in [0, 0.1) is 28.1 Å². The number of methoxy groups -OCH3 is 2. The van der Waals surface area contributed by atoms with Gasteiger partial charge in [-0.2, -0.15) is 20.5 Å². The van der Waals surface area contributed by atoms with Gasteiger partial charge in [-0.1, -0.05) is 30.3 Å². The van der Waals surface area contributed by atoms with E-state index in [1.165, 1.54) is 11.3 Å². The number of aromatic nitrogens is 3. The summed E-state index contributed by atoms with van der Waals surface area (Å²) in [6, 6.07) is 23.5. The van der Waals surface area contributed by atoms with E-state index in [4.69, 9.17) is 29.9 Å². The van der Waals surface area contributed by atoms with Gasteiger partial charge in [-0.15, -0.1) is 23.1 Å². The molecular formula is C43H43F2N9O4S2. The lowest BCUT2D eigenvalue weighted by molar-refractivity contribution is 0.0126. The van der Waals surface area contributed by atoms with Crippen molar-refractivity contribution in [1.29, 1.82) is 10.5 Å². The highest BCUT2D eigenvalue weighted by Crippen LogP contribution is 2.61. The Morgan fingerprint density at radius 1 is 0.950 bits per heavy atom. The summed E-state index contributed by atoms with van der Waals surface area (Å²) in [5.74, 6) is 0.337. The lowest BCUT2D eigenvalue weighted by Crippen LogP contribution is -2.57. The number of pyridine rings is 1. The first-order valence-corrected chi connectivity index (χ1v) is 21.0. The molecule has 1 spiro atoms. The van der Waals surface area contributed by atoms with E-state index in [9.17, 15) is 24.4 Å². The van der Waals surface area contributed by atoms with Crippen LogP contribution < -0.4 is 34.6 Å². The lowest BCUT2D eigenvalue weighted by Gasteiger charge is -2.48. The smallest absolute Gasteiger partial charge is 0.320 e. The zero-order chi connectivity index (χ0) is 42.4. The molecule has 310 valence electrons. The number of nitrogens with zero attached hydrogens (tertiary/aromatic N) is 8. The summed E-state index contributed by atoms with van der Waals surface area (Å²) in [6.07, 6.45) is 1.22. The molecule has 1 unspecified atom stereocenters. The number of rotatable bonds is 15. The maximum absolute atomic E-state index is 14.5. The molecule has 60 heavy (non-hydrogen) atoms. The van der Waals surface area contributed by atoms with Gasteiger partial charge in [-0.05, 0) is 48.4 Å². The zero-order valence-corrected chi connectivity index (χ0v) is 35.1. The fourth-order valence-electron chi connectivity index (χ4n) is 7.96. The van der Waals surface area contributed by atoms with Gasteiger partial charge in [-0.25, -0.2) is 13.8 Å². The first-order chi connectivity index (χ1) is 28.9. The highest BCUT2D eigenvalue weighted by atomic mass is 32.2. The molecule has 13 nitrogen and oxygen atoms in total. The SMILES string of the molecule is COc1ccc(CN(Cc2ccc(OC)cc2)c2ncccc2[C@@H](C)N(C)c2nc(OCC3(CO)CC3(F)F)nc(N3CC4(C3)SCc3sc(N)c(C#N)c34)c2C#N)cc1. The number of hydrogen-bond acceptors (Lipinski definition) is 15. The fourth-order valence-corrected chi connectivity index (χ4v) is 10.8. The summed E-state index contributed by atoms with van der Waals surface area (Å²) in [7, 11) is 5.07. The molecule has 17 heteroatoms. The monoisotopic (exact) mass is 851 g/mol. The number of anilines is 4. The molecule has 5 heterocycles. The summed E-state index contributed by atoms with van der Waals surface area (Å²) in [5, 5.41) is 31.2. The standard InChI is InChI=1S/C43H43F2N9O4S2/c1-26(31-6-5-15-49-37(31)53(18-27-7-11-29(56-3)12-8-27)19-28-9-13-30(57-4)14-10-28)52(2)38-33(17-47)39(51-40(50-38)58-25-41(24-55)21-43(41,44)45)54-22-42(23-54)35-32(16-46)36(48)60-34(35)20-59-42/h5-15,26,55H,18-25,48H2,1-4H3/t26-,41?/m1/s1. The first kappa shape index (κ1) is 40.9. The molecule has 1 saturated heterocycles. The molecule has 0 radical (unpaired) electrons. The summed E-state index contributed by atoms with van der Waals surface area (Å²) in [4.78, 5) is 21.3. The van der Waals surface area contributed by atoms with Crippen molar-refractivity contribution >= 4 is 45.6 Å². The van der Waals surface area contributed by atoms with Crippen molar-refractivity contribution in [2.24, 2.45) is 5.41 Å². The minimum Gasteiger partial charge on any atom is -0.497 e. The number of nitrogens with two attached hydrogens (primary N) is 1. The van der Waals surface area contributed by atoms with Crippen LogP contribution in [0.15, 0.2) is 66.9 Å². The Hall–Kier alpha value is -5.88. The number of thioether (sulfide) groups is 1. The topological polar surface area (TPSA) is 170 Å². The number of alkyl halides is 2. The number of aliphatic hydroxyl groups is 1. The second-order valence-electron chi connectivity index (χ2n) is 15.4.